The number of hydrogen-bond acceptors (Lipinski definition) is 7. The number of thiocarbonyl (C=S) groups is 1. The van der Waals surface area contributed by atoms with E-state index in [4.69, 9.17) is 26.1 Å². The van der Waals surface area contributed by atoms with Gasteiger partial charge < -0.3 is 13.9 Å². The fourth-order valence-corrected chi connectivity index (χ4v) is 6.53. The average molecular weight is 510 g/mol. The maximum Gasteiger partial charge on any atom is 0.410 e. The molecule has 1 fully saturated rings. The van der Waals surface area contributed by atoms with Crippen LogP contribution in [0, 0.1) is 6.92 Å². The van der Waals surface area contributed by atoms with Crippen molar-refractivity contribution >= 4 is 47.8 Å². The monoisotopic (exact) mass is 509 g/mol. The standard InChI is InChI=1S/C23H35N3O4S2Si/c1-9-10-28-22(27)25-13-17(30-33(7,8)23(4,5)6)11-18(25)20(29-16(3)31)21-15(2)26-14-24-12-19(26)32-21/h9,12,14,17-18,20H,1,10-11,13H2,2-8H3/t17-,18+,20?/m1/s1. The number of amides is 1. The first-order valence-corrected chi connectivity index (χ1v) is 15.3. The maximum absolute atomic E-state index is 13.1. The van der Waals surface area contributed by atoms with Gasteiger partial charge in [0.2, 0.25) is 0 Å². The van der Waals surface area contributed by atoms with E-state index in [9.17, 15) is 4.79 Å². The Balaban J connectivity index is 1.98. The van der Waals surface area contributed by atoms with Gasteiger partial charge in [0.1, 0.15) is 17.8 Å². The van der Waals surface area contributed by atoms with E-state index in [2.05, 4.69) is 45.4 Å². The number of aryl methyl sites for hydroxylation is 1. The summed E-state index contributed by atoms with van der Waals surface area (Å²) in [6.07, 6.45) is 4.93. The molecule has 2 aromatic heterocycles. The molecule has 0 aromatic carbocycles. The lowest BCUT2D eigenvalue weighted by Crippen LogP contribution is -2.45. The second-order valence-corrected chi connectivity index (χ2v) is 16.4. The highest BCUT2D eigenvalue weighted by Crippen LogP contribution is 2.42. The number of nitrogens with zero attached hydrogens (tertiary/aromatic N) is 3. The van der Waals surface area contributed by atoms with Crippen molar-refractivity contribution in [2.75, 3.05) is 13.2 Å². The summed E-state index contributed by atoms with van der Waals surface area (Å²) in [5.74, 6) is 0. The molecule has 182 valence electrons. The lowest BCUT2D eigenvalue weighted by molar-refractivity contribution is 0.0634. The van der Waals surface area contributed by atoms with Crippen LogP contribution in [0.4, 0.5) is 4.79 Å². The van der Waals surface area contributed by atoms with Crippen molar-refractivity contribution in [1.82, 2.24) is 14.3 Å². The maximum atomic E-state index is 13.1. The zero-order valence-corrected chi connectivity index (χ0v) is 23.2. The van der Waals surface area contributed by atoms with Gasteiger partial charge in [-0.25, -0.2) is 9.78 Å². The molecule has 0 saturated carbocycles. The molecule has 1 unspecified atom stereocenters. The van der Waals surface area contributed by atoms with Gasteiger partial charge in [0.05, 0.1) is 23.2 Å². The summed E-state index contributed by atoms with van der Waals surface area (Å²) < 4.78 is 20.4. The van der Waals surface area contributed by atoms with Gasteiger partial charge >= 0.3 is 6.09 Å². The van der Waals surface area contributed by atoms with E-state index >= 15 is 0 Å². The van der Waals surface area contributed by atoms with Gasteiger partial charge in [0, 0.05) is 19.2 Å². The second-order valence-electron chi connectivity index (χ2n) is 10.0. The third-order valence-electron chi connectivity index (χ3n) is 6.57. The van der Waals surface area contributed by atoms with E-state index in [0.29, 0.717) is 18.0 Å². The predicted molar refractivity (Wildman–Crippen MR) is 139 cm³/mol. The van der Waals surface area contributed by atoms with Gasteiger partial charge in [0.15, 0.2) is 19.5 Å². The number of thiazole rings is 1. The van der Waals surface area contributed by atoms with Crippen LogP contribution in [0.1, 0.15) is 50.8 Å². The van der Waals surface area contributed by atoms with Gasteiger partial charge in [-0.2, -0.15) is 0 Å². The fourth-order valence-electron chi connectivity index (χ4n) is 3.88. The van der Waals surface area contributed by atoms with Crippen molar-refractivity contribution in [3.63, 3.8) is 0 Å². The Hall–Kier alpha value is -1.75. The largest absolute Gasteiger partial charge is 0.476 e. The molecule has 3 heterocycles. The van der Waals surface area contributed by atoms with Crippen LogP contribution in [0.5, 0.6) is 0 Å². The van der Waals surface area contributed by atoms with Crippen molar-refractivity contribution < 1.29 is 18.7 Å². The summed E-state index contributed by atoms with van der Waals surface area (Å²) in [6, 6.07) is -0.273. The highest BCUT2D eigenvalue weighted by molar-refractivity contribution is 7.80. The van der Waals surface area contributed by atoms with Crippen LogP contribution in [0.3, 0.4) is 0 Å². The smallest absolute Gasteiger partial charge is 0.410 e. The highest BCUT2D eigenvalue weighted by Gasteiger charge is 2.47. The molecular weight excluding hydrogens is 474 g/mol. The van der Waals surface area contributed by atoms with Crippen molar-refractivity contribution in [3.05, 3.63) is 35.8 Å². The van der Waals surface area contributed by atoms with Crippen LogP contribution >= 0.6 is 23.6 Å². The molecule has 1 saturated heterocycles. The summed E-state index contributed by atoms with van der Waals surface area (Å²) in [5.41, 5.74) is 1.03. The summed E-state index contributed by atoms with van der Waals surface area (Å²) >= 11 is 6.95. The number of rotatable bonds is 7. The number of imidazole rings is 1. The number of carbonyl (C=O) groups is 1. The highest BCUT2D eigenvalue weighted by atomic mass is 32.1. The molecule has 1 aliphatic heterocycles. The molecule has 3 rings (SSSR count). The molecule has 2 aromatic rings. The zero-order valence-electron chi connectivity index (χ0n) is 20.6. The van der Waals surface area contributed by atoms with Crippen molar-refractivity contribution in [2.45, 2.75) is 77.4 Å². The Morgan fingerprint density at radius 2 is 2.15 bits per heavy atom. The summed E-state index contributed by atoms with van der Waals surface area (Å²) in [5, 5.41) is 0.501. The number of fused-ring (bicyclic) bond motifs is 1. The SMILES string of the molecule is C=CCOC(=O)N1C[C@H](O[Si](C)(C)C(C)(C)C)C[C@H]1C(OC(C)=S)c1sc2cncn2c1C. The molecule has 0 bridgehead atoms. The Morgan fingerprint density at radius 3 is 2.73 bits per heavy atom. The Kier molecular flexibility index (Phi) is 7.72. The van der Waals surface area contributed by atoms with E-state index in [0.717, 1.165) is 15.4 Å². The Morgan fingerprint density at radius 1 is 1.45 bits per heavy atom. The normalized spacial score (nSPS) is 20.2. The van der Waals surface area contributed by atoms with Crippen molar-refractivity contribution in [3.8, 4) is 0 Å². The van der Waals surface area contributed by atoms with Crippen LogP contribution in [0.15, 0.2) is 25.2 Å². The number of ether oxygens (including phenoxy) is 2. The molecule has 33 heavy (non-hydrogen) atoms. The van der Waals surface area contributed by atoms with Crippen molar-refractivity contribution in [1.29, 1.82) is 0 Å². The molecular formula is C23H35N3O4S2Si. The van der Waals surface area contributed by atoms with E-state index in [1.165, 1.54) is 0 Å². The molecule has 0 spiro atoms. The summed E-state index contributed by atoms with van der Waals surface area (Å²) in [6.45, 7) is 19.2. The van der Waals surface area contributed by atoms with E-state index in [-0.39, 0.29) is 29.9 Å². The fraction of sp³-hybridized carbons (Fsp3) is 0.609. The lowest BCUT2D eigenvalue weighted by Gasteiger charge is -2.38. The van der Waals surface area contributed by atoms with Crippen LogP contribution in [-0.4, -0.2) is 59.0 Å². The quantitative estimate of drug-likeness (QED) is 0.263. The van der Waals surface area contributed by atoms with Gasteiger partial charge in [-0.15, -0.1) is 11.3 Å². The van der Waals surface area contributed by atoms with E-state index in [1.807, 2.05) is 17.5 Å². The number of likely N-dealkylation sites (tertiary alicyclic amines) is 1. The molecule has 10 heteroatoms. The first-order valence-electron chi connectivity index (χ1n) is 11.2. The molecule has 1 amide bonds. The topological polar surface area (TPSA) is 65.3 Å². The van der Waals surface area contributed by atoms with E-state index < -0.39 is 14.4 Å². The third-order valence-corrected chi connectivity index (χ3v) is 12.5. The Labute approximate surface area is 206 Å². The molecule has 7 nitrogen and oxygen atoms in total. The zero-order chi connectivity index (χ0) is 24.6. The molecule has 0 aliphatic carbocycles. The number of hydrogen-bond donors (Lipinski definition) is 0. The molecule has 1 aliphatic rings. The molecule has 0 N–H and O–H groups in total. The second kappa shape index (κ2) is 9.85. The van der Waals surface area contributed by atoms with Crippen LogP contribution in [-0.2, 0) is 13.9 Å². The van der Waals surface area contributed by atoms with Gasteiger partial charge in [-0.05, 0) is 43.7 Å². The number of carbonyl (C=O) groups excluding carboxylic acids is 1. The summed E-state index contributed by atoms with van der Waals surface area (Å²) in [4.78, 5) is 21.1. The van der Waals surface area contributed by atoms with Gasteiger partial charge in [-0.1, -0.05) is 33.4 Å². The summed E-state index contributed by atoms with van der Waals surface area (Å²) in [7, 11) is -2.03. The molecule has 0 radical (unpaired) electrons. The predicted octanol–water partition coefficient (Wildman–Crippen LogP) is 5.90. The van der Waals surface area contributed by atoms with Crippen LogP contribution in [0.2, 0.25) is 18.1 Å². The van der Waals surface area contributed by atoms with Gasteiger partial charge in [-0.3, -0.25) is 9.30 Å². The van der Waals surface area contributed by atoms with Crippen LogP contribution in [0.25, 0.3) is 4.83 Å². The minimum atomic E-state index is -2.03. The number of aromatic nitrogens is 2. The third kappa shape index (κ3) is 5.50. The average Bonchev–Trinajstić information content (AvgIpc) is 3.40. The lowest BCUT2D eigenvalue weighted by atomic mass is 10.0. The molecule has 3 atom stereocenters. The minimum absolute atomic E-state index is 0.0666. The van der Waals surface area contributed by atoms with Crippen LogP contribution < -0.4 is 0 Å². The van der Waals surface area contributed by atoms with E-state index in [1.54, 1.807) is 35.6 Å². The first-order chi connectivity index (χ1) is 15.4. The Bertz CT molecular complexity index is 1030. The first kappa shape index (κ1) is 25.9. The van der Waals surface area contributed by atoms with Gasteiger partial charge in [0.25, 0.3) is 0 Å². The minimum Gasteiger partial charge on any atom is -0.476 e. The van der Waals surface area contributed by atoms with Crippen molar-refractivity contribution in [2.24, 2.45) is 0 Å².